The maximum absolute atomic E-state index is 11.7. The third-order valence-electron chi connectivity index (χ3n) is 3.82. The minimum atomic E-state index is -0.203. The van der Waals surface area contributed by atoms with Gasteiger partial charge in [-0.1, -0.05) is 0 Å². The second kappa shape index (κ2) is 4.29. The average Bonchev–Trinajstić information content (AvgIpc) is 2.98. The van der Waals surface area contributed by atoms with E-state index in [1.54, 1.807) is 16.2 Å². The van der Waals surface area contributed by atoms with Crippen LogP contribution >= 0.6 is 11.3 Å². The van der Waals surface area contributed by atoms with E-state index in [1.807, 2.05) is 12.3 Å². The Kier molecular flexibility index (Phi) is 2.75. The summed E-state index contributed by atoms with van der Waals surface area (Å²) in [6.45, 7) is 3.75. The molecule has 1 aliphatic heterocycles. The van der Waals surface area contributed by atoms with Gasteiger partial charge in [-0.3, -0.25) is 0 Å². The van der Waals surface area contributed by atoms with Gasteiger partial charge in [-0.25, -0.2) is 4.79 Å². The summed E-state index contributed by atoms with van der Waals surface area (Å²) < 4.78 is 5.04. The fraction of sp³-hybridized carbons (Fsp3) is 0.538. The number of carbonyl (C=O) groups excluding carboxylic acids is 1. The van der Waals surface area contributed by atoms with Gasteiger partial charge in [0, 0.05) is 29.3 Å². The van der Waals surface area contributed by atoms with Gasteiger partial charge >= 0.3 is 6.09 Å². The van der Waals surface area contributed by atoms with Gasteiger partial charge in [0.25, 0.3) is 0 Å². The molecule has 3 rings (SSSR count). The monoisotopic (exact) mass is 262 g/mol. The lowest BCUT2D eigenvalue weighted by Gasteiger charge is -2.16. The maximum atomic E-state index is 11.7. The molecule has 0 spiro atoms. The molecule has 2 unspecified atom stereocenters. The van der Waals surface area contributed by atoms with Crippen molar-refractivity contribution in [3.63, 3.8) is 0 Å². The van der Waals surface area contributed by atoms with Gasteiger partial charge < -0.3 is 9.64 Å². The van der Waals surface area contributed by atoms with Crippen LogP contribution in [0.4, 0.5) is 4.79 Å². The zero-order valence-corrected chi connectivity index (χ0v) is 11.0. The van der Waals surface area contributed by atoms with E-state index in [0.29, 0.717) is 18.4 Å². The number of rotatable bonds is 1. The number of hydrogen-bond donors (Lipinski definition) is 0. The lowest BCUT2D eigenvalue weighted by molar-refractivity contribution is 0.114. The molecule has 1 fully saturated rings. The van der Waals surface area contributed by atoms with Crippen molar-refractivity contribution in [3.05, 3.63) is 21.4 Å². The van der Waals surface area contributed by atoms with Crippen molar-refractivity contribution >= 4 is 17.4 Å². The third kappa shape index (κ3) is 1.60. The summed E-state index contributed by atoms with van der Waals surface area (Å²) in [4.78, 5) is 14.8. The lowest BCUT2D eigenvalue weighted by Crippen LogP contribution is -2.30. The van der Waals surface area contributed by atoms with Crippen LogP contribution in [0.5, 0.6) is 0 Å². The largest absolute Gasteiger partial charge is 0.450 e. The molecule has 1 saturated heterocycles. The number of likely N-dealkylation sites (tertiary alicyclic amines) is 1. The normalized spacial score (nSPS) is 24.6. The number of nitrogens with zero attached hydrogens (tertiary/aromatic N) is 2. The van der Waals surface area contributed by atoms with Gasteiger partial charge in [0.15, 0.2) is 0 Å². The first-order valence-corrected chi connectivity index (χ1v) is 7.04. The molecule has 18 heavy (non-hydrogen) atoms. The second-order valence-corrected chi connectivity index (χ2v) is 5.69. The zero-order valence-electron chi connectivity index (χ0n) is 10.2. The molecule has 0 saturated carbocycles. The SMILES string of the molecule is CCOC(=O)N1CC2Cc3c(C#N)csc3C2C1. The highest BCUT2D eigenvalue weighted by Crippen LogP contribution is 2.47. The number of fused-ring (bicyclic) bond motifs is 3. The highest BCUT2D eigenvalue weighted by molar-refractivity contribution is 7.10. The molecule has 1 aromatic heterocycles. The summed E-state index contributed by atoms with van der Waals surface area (Å²) in [5, 5.41) is 11.0. The van der Waals surface area contributed by atoms with Crippen LogP contribution in [0, 0.1) is 17.2 Å². The van der Waals surface area contributed by atoms with E-state index in [4.69, 9.17) is 10.00 Å². The van der Waals surface area contributed by atoms with Crippen LogP contribution in [-0.2, 0) is 11.2 Å². The predicted octanol–water partition coefficient (Wildman–Crippen LogP) is 2.35. The van der Waals surface area contributed by atoms with Crippen molar-refractivity contribution < 1.29 is 9.53 Å². The molecule has 2 aliphatic rings. The molecule has 4 nitrogen and oxygen atoms in total. The zero-order chi connectivity index (χ0) is 12.7. The van der Waals surface area contributed by atoms with Crippen LogP contribution in [-0.4, -0.2) is 30.7 Å². The first-order valence-electron chi connectivity index (χ1n) is 6.16. The van der Waals surface area contributed by atoms with Gasteiger partial charge in [0.2, 0.25) is 0 Å². The highest BCUT2D eigenvalue weighted by atomic mass is 32.1. The third-order valence-corrected chi connectivity index (χ3v) is 4.97. The Morgan fingerprint density at radius 1 is 1.67 bits per heavy atom. The Morgan fingerprint density at radius 3 is 3.22 bits per heavy atom. The van der Waals surface area contributed by atoms with E-state index >= 15 is 0 Å². The van der Waals surface area contributed by atoms with Crippen molar-refractivity contribution in [1.82, 2.24) is 4.90 Å². The lowest BCUT2D eigenvalue weighted by atomic mass is 10.0. The predicted molar refractivity (Wildman–Crippen MR) is 67.6 cm³/mol. The van der Waals surface area contributed by atoms with E-state index in [2.05, 4.69) is 6.07 Å². The molecule has 2 atom stereocenters. The summed E-state index contributed by atoms with van der Waals surface area (Å²) in [5.74, 6) is 0.889. The minimum absolute atomic E-state index is 0.203. The van der Waals surface area contributed by atoms with Crippen LogP contribution in [0.2, 0.25) is 0 Å². The van der Waals surface area contributed by atoms with Crippen LogP contribution < -0.4 is 0 Å². The number of amides is 1. The van der Waals surface area contributed by atoms with E-state index in [0.717, 1.165) is 25.1 Å². The van der Waals surface area contributed by atoms with Gasteiger partial charge in [-0.05, 0) is 24.8 Å². The smallest absolute Gasteiger partial charge is 0.409 e. The molecule has 0 aromatic carbocycles. The number of hydrogen-bond acceptors (Lipinski definition) is 4. The Hall–Kier alpha value is -1.54. The number of nitriles is 1. The second-order valence-electron chi connectivity index (χ2n) is 4.78. The standard InChI is InChI=1S/C13H14N2O2S/c1-2-17-13(16)15-5-8-3-10-9(4-14)7-18-12(10)11(8)6-15/h7-8,11H,2-3,5-6H2,1H3. The topological polar surface area (TPSA) is 53.3 Å². The first kappa shape index (κ1) is 11.5. The van der Waals surface area contributed by atoms with Crippen LogP contribution in [0.25, 0.3) is 0 Å². The van der Waals surface area contributed by atoms with Gasteiger partial charge in [0.1, 0.15) is 6.07 Å². The summed E-state index contributed by atoms with van der Waals surface area (Å²) in [6.07, 6.45) is 0.730. The van der Waals surface area contributed by atoms with Crippen LogP contribution in [0.1, 0.15) is 28.8 Å². The molecule has 94 valence electrons. The average molecular weight is 262 g/mol. The van der Waals surface area contributed by atoms with Crippen molar-refractivity contribution in [1.29, 1.82) is 5.26 Å². The number of ether oxygens (including phenoxy) is 1. The van der Waals surface area contributed by atoms with Gasteiger partial charge in [-0.2, -0.15) is 5.26 Å². The van der Waals surface area contributed by atoms with Crippen molar-refractivity contribution in [2.24, 2.45) is 5.92 Å². The first-order chi connectivity index (χ1) is 8.74. The van der Waals surface area contributed by atoms with E-state index < -0.39 is 0 Å². The summed E-state index contributed by atoms with van der Waals surface area (Å²) >= 11 is 1.67. The molecule has 1 amide bonds. The molecular weight excluding hydrogens is 248 g/mol. The number of carbonyl (C=O) groups is 1. The molecule has 1 aromatic rings. The quantitative estimate of drug-likeness (QED) is 0.780. The number of thiophene rings is 1. The van der Waals surface area contributed by atoms with Crippen molar-refractivity contribution in [2.75, 3.05) is 19.7 Å². The Balaban J connectivity index is 1.79. The molecule has 0 N–H and O–H groups in total. The van der Waals surface area contributed by atoms with E-state index in [1.165, 1.54) is 10.4 Å². The Labute approximate surface area is 110 Å². The molecule has 0 radical (unpaired) electrons. The van der Waals surface area contributed by atoms with Crippen molar-refractivity contribution in [3.8, 4) is 6.07 Å². The Bertz CT molecular complexity index is 532. The fourth-order valence-corrected chi connectivity index (χ4v) is 4.23. The van der Waals surface area contributed by atoms with Gasteiger partial charge in [0.05, 0.1) is 12.2 Å². The maximum Gasteiger partial charge on any atom is 0.409 e. The van der Waals surface area contributed by atoms with Crippen LogP contribution in [0.15, 0.2) is 5.38 Å². The molecule has 2 heterocycles. The molecule has 5 heteroatoms. The van der Waals surface area contributed by atoms with E-state index in [9.17, 15) is 4.79 Å². The van der Waals surface area contributed by atoms with E-state index in [-0.39, 0.29) is 6.09 Å². The summed E-state index contributed by atoms with van der Waals surface area (Å²) in [6, 6.07) is 2.26. The molecule has 0 bridgehead atoms. The summed E-state index contributed by atoms with van der Waals surface area (Å²) in [5.41, 5.74) is 2.05. The fourth-order valence-electron chi connectivity index (χ4n) is 3.01. The molecule has 1 aliphatic carbocycles. The molecular formula is C13H14N2O2S. The van der Waals surface area contributed by atoms with Crippen molar-refractivity contribution in [2.45, 2.75) is 19.3 Å². The summed E-state index contributed by atoms with van der Waals surface area (Å²) in [7, 11) is 0. The van der Waals surface area contributed by atoms with Crippen LogP contribution in [0.3, 0.4) is 0 Å². The highest BCUT2D eigenvalue weighted by Gasteiger charge is 2.43. The Morgan fingerprint density at radius 2 is 2.50 bits per heavy atom. The van der Waals surface area contributed by atoms with Gasteiger partial charge in [-0.15, -0.1) is 11.3 Å². The minimum Gasteiger partial charge on any atom is -0.450 e.